The van der Waals surface area contributed by atoms with Gasteiger partial charge in [-0.15, -0.1) is 0 Å². The molecule has 3 heterocycles. The van der Waals surface area contributed by atoms with Gasteiger partial charge in [-0.3, -0.25) is 4.79 Å². The lowest BCUT2D eigenvalue weighted by molar-refractivity contribution is -0.0575. The fourth-order valence-electron chi connectivity index (χ4n) is 2.79. The highest BCUT2D eigenvalue weighted by molar-refractivity contribution is 6.06. The Labute approximate surface area is 114 Å². The highest BCUT2D eigenvalue weighted by atomic mass is 16.6. The van der Waals surface area contributed by atoms with Gasteiger partial charge in [-0.25, -0.2) is 4.79 Å². The number of nitrogens with one attached hydrogen (secondary N) is 1. The van der Waals surface area contributed by atoms with Crippen LogP contribution in [0.5, 0.6) is 0 Å². The molecule has 2 aliphatic rings. The summed E-state index contributed by atoms with van der Waals surface area (Å²) in [6, 6.07) is 7.42. The molecular formula is C14H12N2O4. The largest absolute Gasteiger partial charge is 0.463 e. The maximum Gasteiger partial charge on any atom is 0.408 e. The third-order valence-corrected chi connectivity index (χ3v) is 3.82. The number of nitrogens with zero attached hydrogens (tertiary/aromatic N) is 1. The van der Waals surface area contributed by atoms with Crippen molar-refractivity contribution in [3.05, 3.63) is 36.1 Å². The molecular weight excluding hydrogens is 260 g/mol. The van der Waals surface area contributed by atoms with Gasteiger partial charge in [0.25, 0.3) is 5.91 Å². The average Bonchev–Trinajstić information content (AvgIpc) is 3.00. The zero-order valence-electron chi connectivity index (χ0n) is 10.6. The van der Waals surface area contributed by atoms with E-state index in [0.29, 0.717) is 30.8 Å². The summed E-state index contributed by atoms with van der Waals surface area (Å²) in [7, 11) is 0. The fourth-order valence-corrected chi connectivity index (χ4v) is 2.79. The number of carbonyl (C=O) groups excluding carboxylic acids is 2. The summed E-state index contributed by atoms with van der Waals surface area (Å²) in [5, 5.41) is 3.42. The Kier molecular flexibility index (Phi) is 2.13. The van der Waals surface area contributed by atoms with Gasteiger partial charge in [0.2, 0.25) is 0 Å². The lowest BCUT2D eigenvalue weighted by Crippen LogP contribution is -2.65. The van der Waals surface area contributed by atoms with Crippen molar-refractivity contribution in [1.29, 1.82) is 0 Å². The van der Waals surface area contributed by atoms with E-state index < -0.39 is 11.7 Å². The number of furan rings is 1. The van der Waals surface area contributed by atoms with Gasteiger partial charge in [0.05, 0.1) is 25.2 Å². The summed E-state index contributed by atoms with van der Waals surface area (Å²) in [6.07, 6.45) is 1.07. The Morgan fingerprint density at radius 2 is 2.10 bits per heavy atom. The van der Waals surface area contributed by atoms with Gasteiger partial charge in [-0.2, -0.15) is 0 Å². The van der Waals surface area contributed by atoms with Crippen LogP contribution in [-0.4, -0.2) is 42.1 Å². The third kappa shape index (κ3) is 1.51. The van der Waals surface area contributed by atoms with Gasteiger partial charge in [0, 0.05) is 5.39 Å². The molecule has 20 heavy (non-hydrogen) atoms. The van der Waals surface area contributed by atoms with Crippen molar-refractivity contribution in [3.63, 3.8) is 0 Å². The molecule has 2 aromatic rings. The summed E-state index contributed by atoms with van der Waals surface area (Å²) < 4.78 is 10.6. The number of ether oxygens (including phenoxy) is 1. The van der Waals surface area contributed by atoms with Gasteiger partial charge >= 0.3 is 6.09 Å². The Morgan fingerprint density at radius 1 is 1.30 bits per heavy atom. The molecule has 2 aliphatic heterocycles. The second kappa shape index (κ2) is 3.75. The molecule has 1 N–H and O–H groups in total. The van der Waals surface area contributed by atoms with Crippen LogP contribution < -0.4 is 5.32 Å². The second-order valence-corrected chi connectivity index (χ2v) is 5.23. The van der Waals surface area contributed by atoms with Gasteiger partial charge in [0.15, 0.2) is 5.60 Å². The van der Waals surface area contributed by atoms with Gasteiger partial charge in [-0.05, 0) is 6.07 Å². The molecule has 0 atom stereocenters. The molecule has 102 valence electrons. The Balaban J connectivity index is 1.56. The minimum atomic E-state index is -0.535. The third-order valence-electron chi connectivity index (χ3n) is 3.82. The normalized spacial score (nSPS) is 19.8. The molecule has 2 saturated heterocycles. The van der Waals surface area contributed by atoms with Gasteiger partial charge in [0.1, 0.15) is 11.8 Å². The molecule has 1 aromatic heterocycles. The van der Waals surface area contributed by atoms with E-state index in [1.165, 1.54) is 6.26 Å². The quantitative estimate of drug-likeness (QED) is 0.851. The first-order valence-corrected chi connectivity index (χ1v) is 6.39. The van der Waals surface area contributed by atoms with Crippen LogP contribution in [0.2, 0.25) is 0 Å². The summed E-state index contributed by atoms with van der Waals surface area (Å²) in [4.78, 5) is 25.2. The number of likely N-dealkylation sites (tertiary alicyclic amines) is 1. The molecule has 2 fully saturated rings. The molecule has 0 radical (unpaired) electrons. The molecule has 0 bridgehead atoms. The first-order chi connectivity index (χ1) is 9.67. The van der Waals surface area contributed by atoms with Crippen LogP contribution in [0, 0.1) is 0 Å². The summed E-state index contributed by atoms with van der Waals surface area (Å²) in [6.45, 7) is 1.30. The number of para-hydroxylation sites is 1. The highest BCUT2D eigenvalue weighted by Gasteiger charge is 2.52. The van der Waals surface area contributed by atoms with Crippen LogP contribution in [-0.2, 0) is 4.74 Å². The van der Waals surface area contributed by atoms with Crippen molar-refractivity contribution >= 4 is 23.0 Å². The SMILES string of the molecule is O=C1NCC2(CN(C(=O)c3coc4ccccc34)C2)O1. The second-order valence-electron chi connectivity index (χ2n) is 5.23. The number of alkyl carbamates (subject to hydrolysis) is 1. The molecule has 0 saturated carbocycles. The van der Waals surface area contributed by atoms with E-state index in [0.717, 1.165) is 5.39 Å². The minimum Gasteiger partial charge on any atom is -0.463 e. The van der Waals surface area contributed by atoms with Crippen LogP contribution in [0.1, 0.15) is 10.4 Å². The maximum atomic E-state index is 12.4. The lowest BCUT2D eigenvalue weighted by Gasteiger charge is -2.45. The summed E-state index contributed by atoms with van der Waals surface area (Å²) in [5.74, 6) is -0.0940. The molecule has 1 aromatic carbocycles. The van der Waals surface area contributed by atoms with E-state index in [2.05, 4.69) is 5.32 Å². The van der Waals surface area contributed by atoms with E-state index >= 15 is 0 Å². The van der Waals surface area contributed by atoms with Crippen LogP contribution in [0.25, 0.3) is 11.0 Å². The standard InChI is InChI=1S/C14H12N2O4/c17-12(10-5-19-11-4-2-1-3-9(10)11)16-7-14(8-16)6-15-13(18)20-14/h1-5H,6-8H2,(H,15,18). The van der Waals surface area contributed by atoms with Crippen LogP contribution in [0.15, 0.2) is 34.9 Å². The van der Waals surface area contributed by atoms with Crippen molar-refractivity contribution in [2.45, 2.75) is 5.60 Å². The van der Waals surface area contributed by atoms with E-state index in [1.807, 2.05) is 24.3 Å². The van der Waals surface area contributed by atoms with Crippen LogP contribution in [0.4, 0.5) is 4.79 Å². The molecule has 4 rings (SSSR count). The molecule has 0 aliphatic carbocycles. The number of carbonyl (C=O) groups is 2. The first-order valence-electron chi connectivity index (χ1n) is 6.39. The monoisotopic (exact) mass is 272 g/mol. The molecule has 2 amide bonds. The Hall–Kier alpha value is -2.50. The predicted molar refractivity (Wildman–Crippen MR) is 69.3 cm³/mol. The lowest BCUT2D eigenvalue weighted by atomic mass is 9.93. The molecule has 6 nitrogen and oxygen atoms in total. The van der Waals surface area contributed by atoms with Crippen molar-refractivity contribution in [2.75, 3.05) is 19.6 Å². The van der Waals surface area contributed by atoms with Gasteiger partial charge in [-0.1, -0.05) is 18.2 Å². The zero-order valence-corrected chi connectivity index (χ0v) is 10.6. The molecule has 6 heteroatoms. The summed E-state index contributed by atoms with van der Waals surface area (Å²) in [5.41, 5.74) is 0.708. The van der Waals surface area contributed by atoms with E-state index in [-0.39, 0.29) is 5.91 Å². The topological polar surface area (TPSA) is 71.8 Å². The highest BCUT2D eigenvalue weighted by Crippen LogP contribution is 2.31. The maximum absolute atomic E-state index is 12.4. The number of amides is 2. The average molecular weight is 272 g/mol. The van der Waals surface area contributed by atoms with Crippen molar-refractivity contribution in [2.24, 2.45) is 0 Å². The van der Waals surface area contributed by atoms with Crippen molar-refractivity contribution < 1.29 is 18.7 Å². The van der Waals surface area contributed by atoms with E-state index in [9.17, 15) is 9.59 Å². The van der Waals surface area contributed by atoms with E-state index in [4.69, 9.17) is 9.15 Å². The zero-order chi connectivity index (χ0) is 13.7. The van der Waals surface area contributed by atoms with Gasteiger partial charge < -0.3 is 19.4 Å². The molecule has 1 spiro atoms. The first kappa shape index (κ1) is 11.3. The van der Waals surface area contributed by atoms with E-state index in [1.54, 1.807) is 4.90 Å². The predicted octanol–water partition coefficient (Wildman–Crippen LogP) is 1.37. The summed E-state index contributed by atoms with van der Waals surface area (Å²) >= 11 is 0. The smallest absolute Gasteiger partial charge is 0.408 e. The Bertz CT molecular complexity index is 715. The van der Waals surface area contributed by atoms with Crippen molar-refractivity contribution in [3.8, 4) is 0 Å². The Morgan fingerprint density at radius 3 is 2.85 bits per heavy atom. The fraction of sp³-hybridized carbons (Fsp3) is 0.286. The van der Waals surface area contributed by atoms with Crippen molar-refractivity contribution in [1.82, 2.24) is 10.2 Å². The number of hydrogen-bond donors (Lipinski definition) is 1. The molecule has 0 unspecified atom stereocenters. The minimum absolute atomic E-state index is 0.0940. The van der Waals surface area contributed by atoms with Crippen LogP contribution >= 0.6 is 0 Å². The number of benzene rings is 1. The number of hydrogen-bond acceptors (Lipinski definition) is 4. The number of rotatable bonds is 1. The number of fused-ring (bicyclic) bond motifs is 1. The van der Waals surface area contributed by atoms with Crippen LogP contribution in [0.3, 0.4) is 0 Å².